The van der Waals surface area contributed by atoms with E-state index in [9.17, 15) is 0 Å². The van der Waals surface area contributed by atoms with Crippen LogP contribution in [-0.4, -0.2) is 24.1 Å². The summed E-state index contributed by atoms with van der Waals surface area (Å²) in [6.07, 6.45) is 5.61. The minimum Gasteiger partial charge on any atom is -0.308 e. The highest BCUT2D eigenvalue weighted by molar-refractivity contribution is 6.18. The second-order valence-electron chi connectivity index (χ2n) is 12.2. The lowest BCUT2D eigenvalue weighted by atomic mass is 10.0. The summed E-state index contributed by atoms with van der Waals surface area (Å²) < 4.78 is 4.64. The van der Waals surface area contributed by atoms with E-state index in [1.807, 2.05) is 48.9 Å². The minimum absolute atomic E-state index is 0.888. The van der Waals surface area contributed by atoms with Gasteiger partial charge in [-0.25, -0.2) is 4.98 Å². The summed E-state index contributed by atoms with van der Waals surface area (Å²) in [5.41, 5.74) is 9.66. The van der Waals surface area contributed by atoms with Gasteiger partial charge in [-0.2, -0.15) is 0 Å². The molecular formula is C43H27N5. The quantitative estimate of drug-likeness (QED) is 0.198. The van der Waals surface area contributed by atoms with Crippen LogP contribution in [0.25, 0.3) is 88.4 Å². The highest BCUT2D eigenvalue weighted by atomic mass is 15.1. The van der Waals surface area contributed by atoms with Crippen LogP contribution in [0.15, 0.2) is 164 Å². The largest absolute Gasteiger partial charge is 0.308 e. The van der Waals surface area contributed by atoms with Crippen molar-refractivity contribution in [3.8, 4) is 34.0 Å². The molecule has 10 aromatic rings. The average Bonchev–Trinajstić information content (AvgIpc) is 3.65. The van der Waals surface area contributed by atoms with Crippen molar-refractivity contribution in [1.82, 2.24) is 24.1 Å². The highest BCUT2D eigenvalue weighted by Crippen LogP contribution is 2.39. The monoisotopic (exact) mass is 613 g/mol. The van der Waals surface area contributed by atoms with Crippen molar-refractivity contribution in [2.24, 2.45) is 0 Å². The van der Waals surface area contributed by atoms with E-state index < -0.39 is 0 Å². The molecule has 0 fully saturated rings. The first-order valence-electron chi connectivity index (χ1n) is 16.1. The lowest BCUT2D eigenvalue weighted by molar-refractivity contribution is 1.08. The van der Waals surface area contributed by atoms with Crippen molar-refractivity contribution in [2.45, 2.75) is 0 Å². The van der Waals surface area contributed by atoms with Gasteiger partial charge in [-0.15, -0.1) is 0 Å². The van der Waals surface area contributed by atoms with Crippen LogP contribution in [0.3, 0.4) is 0 Å². The summed E-state index contributed by atoms with van der Waals surface area (Å²) in [5.74, 6) is 0.888. The summed E-state index contributed by atoms with van der Waals surface area (Å²) in [5, 5.41) is 7.20. The van der Waals surface area contributed by atoms with Gasteiger partial charge in [0.1, 0.15) is 5.82 Å². The fourth-order valence-electron chi connectivity index (χ4n) is 7.23. The first-order valence-corrected chi connectivity index (χ1v) is 16.1. The van der Waals surface area contributed by atoms with Crippen molar-refractivity contribution in [2.75, 3.05) is 0 Å². The van der Waals surface area contributed by atoms with Gasteiger partial charge >= 0.3 is 0 Å². The maximum Gasteiger partial charge on any atom is 0.138 e. The van der Waals surface area contributed by atoms with Crippen LogP contribution >= 0.6 is 0 Å². The van der Waals surface area contributed by atoms with Crippen LogP contribution in [-0.2, 0) is 0 Å². The fraction of sp³-hybridized carbons (Fsp3) is 0. The zero-order valence-electron chi connectivity index (χ0n) is 25.8. The molecule has 0 N–H and O–H groups in total. The van der Waals surface area contributed by atoms with Gasteiger partial charge in [-0.1, -0.05) is 72.8 Å². The Morgan fingerprint density at radius 1 is 0.417 bits per heavy atom. The van der Waals surface area contributed by atoms with Crippen LogP contribution in [0.2, 0.25) is 0 Å². The van der Waals surface area contributed by atoms with Gasteiger partial charge in [0.2, 0.25) is 0 Å². The smallest absolute Gasteiger partial charge is 0.138 e. The molecule has 5 aromatic carbocycles. The zero-order chi connectivity index (χ0) is 31.6. The van der Waals surface area contributed by atoms with E-state index in [1.165, 1.54) is 32.3 Å². The summed E-state index contributed by atoms with van der Waals surface area (Å²) in [6, 6.07) is 51.5. The minimum atomic E-state index is 0.888. The van der Waals surface area contributed by atoms with E-state index in [-0.39, 0.29) is 0 Å². The molecule has 0 saturated carbocycles. The number of aromatic nitrogens is 5. The van der Waals surface area contributed by atoms with E-state index >= 15 is 0 Å². The number of hydrogen-bond acceptors (Lipinski definition) is 3. The first kappa shape index (κ1) is 26.6. The summed E-state index contributed by atoms with van der Waals surface area (Å²) in [4.78, 5) is 14.2. The number of fused-ring (bicyclic) bond motifs is 7. The van der Waals surface area contributed by atoms with Gasteiger partial charge < -0.3 is 4.57 Å². The third-order valence-corrected chi connectivity index (χ3v) is 9.44. The highest BCUT2D eigenvalue weighted by Gasteiger charge is 2.18. The molecule has 0 amide bonds. The first-order chi connectivity index (χ1) is 23.8. The number of benzene rings is 5. The molecule has 5 heterocycles. The summed E-state index contributed by atoms with van der Waals surface area (Å²) in [7, 11) is 0. The fourth-order valence-corrected chi connectivity index (χ4v) is 7.23. The van der Waals surface area contributed by atoms with Gasteiger partial charge in [0.15, 0.2) is 0 Å². The Hall–Kier alpha value is -6.59. The SMILES string of the molecule is c1ccc(-c2ccc(-n3c4ccccc4c4cc5cc6c(cc5cc43)c3ccccc3n6-c3cccc(-c4ccncc4)n3)cn2)cc1. The topological polar surface area (TPSA) is 48.5 Å². The molecule has 0 atom stereocenters. The standard InChI is InChI=1S/C43H27N5/c1-2-9-28(10-3-1)37-18-17-32(27-45-37)47-39-14-6-4-11-33(39)35-23-31-26-42-36(24-30(31)25-41(35)47)34-12-5-7-15-40(34)48(42)43-16-8-13-38(46-43)29-19-21-44-22-20-29/h1-27H. The van der Waals surface area contributed by atoms with E-state index in [0.717, 1.165) is 56.1 Å². The average molecular weight is 614 g/mol. The van der Waals surface area contributed by atoms with Gasteiger partial charge in [0, 0.05) is 45.1 Å². The number of para-hydroxylation sites is 2. The second-order valence-corrected chi connectivity index (χ2v) is 12.2. The Bertz CT molecular complexity index is 2810. The second kappa shape index (κ2) is 10.5. The van der Waals surface area contributed by atoms with Crippen molar-refractivity contribution >= 4 is 54.4 Å². The van der Waals surface area contributed by atoms with E-state index in [2.05, 4.69) is 129 Å². The molecule has 224 valence electrons. The predicted molar refractivity (Wildman–Crippen MR) is 197 cm³/mol. The van der Waals surface area contributed by atoms with Crippen molar-refractivity contribution in [3.05, 3.63) is 164 Å². The van der Waals surface area contributed by atoms with Crippen LogP contribution in [0.4, 0.5) is 0 Å². The molecule has 0 aliphatic rings. The normalized spacial score (nSPS) is 11.8. The third-order valence-electron chi connectivity index (χ3n) is 9.44. The maximum atomic E-state index is 5.14. The third kappa shape index (κ3) is 4.08. The Morgan fingerprint density at radius 2 is 1.04 bits per heavy atom. The summed E-state index contributed by atoms with van der Waals surface area (Å²) in [6.45, 7) is 0. The molecule has 10 rings (SSSR count). The number of nitrogens with zero attached hydrogens (tertiary/aromatic N) is 5. The zero-order valence-corrected chi connectivity index (χ0v) is 25.8. The number of rotatable bonds is 4. The van der Waals surface area contributed by atoms with Crippen LogP contribution < -0.4 is 0 Å². The molecule has 5 heteroatoms. The molecule has 5 aromatic heterocycles. The molecule has 0 unspecified atom stereocenters. The van der Waals surface area contributed by atoms with Crippen molar-refractivity contribution in [3.63, 3.8) is 0 Å². The van der Waals surface area contributed by atoms with Gasteiger partial charge in [-0.05, 0) is 83.6 Å². The van der Waals surface area contributed by atoms with Gasteiger partial charge in [0.05, 0.1) is 45.3 Å². The van der Waals surface area contributed by atoms with Crippen LogP contribution in [0.5, 0.6) is 0 Å². The maximum absolute atomic E-state index is 5.14. The molecule has 0 aliphatic heterocycles. The molecule has 48 heavy (non-hydrogen) atoms. The van der Waals surface area contributed by atoms with E-state index in [1.54, 1.807) is 0 Å². The molecule has 0 radical (unpaired) electrons. The lowest BCUT2D eigenvalue weighted by Crippen LogP contribution is -1.98. The van der Waals surface area contributed by atoms with Gasteiger partial charge in [-0.3, -0.25) is 14.5 Å². The molecular weight excluding hydrogens is 587 g/mol. The Labute approximate surface area is 276 Å². The van der Waals surface area contributed by atoms with E-state index in [4.69, 9.17) is 9.97 Å². The Morgan fingerprint density at radius 3 is 1.73 bits per heavy atom. The Balaban J connectivity index is 1.21. The van der Waals surface area contributed by atoms with Crippen molar-refractivity contribution in [1.29, 1.82) is 0 Å². The molecule has 5 nitrogen and oxygen atoms in total. The number of pyridine rings is 3. The van der Waals surface area contributed by atoms with Gasteiger partial charge in [0.25, 0.3) is 0 Å². The van der Waals surface area contributed by atoms with Crippen molar-refractivity contribution < 1.29 is 0 Å². The van der Waals surface area contributed by atoms with Crippen LogP contribution in [0.1, 0.15) is 0 Å². The molecule has 0 aliphatic carbocycles. The predicted octanol–water partition coefficient (Wildman–Crippen LogP) is 10.6. The van der Waals surface area contributed by atoms with Crippen LogP contribution in [0, 0.1) is 0 Å². The number of hydrogen-bond donors (Lipinski definition) is 0. The van der Waals surface area contributed by atoms with E-state index in [0.29, 0.717) is 0 Å². The molecule has 0 spiro atoms. The Kier molecular flexibility index (Phi) is 5.81. The molecule has 0 bridgehead atoms. The summed E-state index contributed by atoms with van der Waals surface area (Å²) >= 11 is 0. The molecule has 0 saturated heterocycles. The lowest BCUT2D eigenvalue weighted by Gasteiger charge is -2.11.